The van der Waals surface area contributed by atoms with E-state index in [0.717, 1.165) is 6.42 Å². The molecule has 1 unspecified atom stereocenters. The summed E-state index contributed by atoms with van der Waals surface area (Å²) in [5.41, 5.74) is -0.930. The third kappa shape index (κ3) is 5.91. The largest absolute Gasteiger partial charge is 0.472 e. The van der Waals surface area contributed by atoms with Crippen molar-refractivity contribution in [3.05, 3.63) is 41.7 Å². The Labute approximate surface area is 322 Å². The number of halogens is 3. The Morgan fingerprint density at radius 3 is 2.66 bits per heavy atom. The molecule has 9 rings (SSSR count). The molecule has 0 radical (unpaired) electrons. The molecule has 0 spiro atoms. The number of hydrogen-bond acceptors (Lipinski definition) is 11. The minimum absolute atomic E-state index is 0.0544. The molecule has 15 heteroatoms. The third-order valence-corrected chi connectivity index (χ3v) is 11.8. The highest BCUT2D eigenvalue weighted by atomic mass is 19.3. The number of pyridine rings is 1. The molecule has 7 heterocycles. The van der Waals surface area contributed by atoms with Gasteiger partial charge in [-0.2, -0.15) is 9.97 Å². The first-order chi connectivity index (χ1) is 26.7. The summed E-state index contributed by atoms with van der Waals surface area (Å²) in [6.07, 6.45) is 6.58. The number of carbonyl (C=O) groups excluding carboxylic acids is 1. The average molecular weight is 773 g/mol. The van der Waals surface area contributed by atoms with Crippen LogP contribution < -0.4 is 19.1 Å². The Bertz CT molecular complexity index is 2310. The second kappa shape index (κ2) is 13.0. The van der Waals surface area contributed by atoms with Gasteiger partial charge in [0.1, 0.15) is 46.5 Å². The van der Waals surface area contributed by atoms with Gasteiger partial charge in [-0.1, -0.05) is 18.1 Å². The van der Waals surface area contributed by atoms with Crippen LogP contribution >= 0.6 is 0 Å². The van der Waals surface area contributed by atoms with Gasteiger partial charge in [0.25, 0.3) is 5.92 Å². The number of ether oxygens (including phenoxy) is 5. The van der Waals surface area contributed by atoms with Gasteiger partial charge in [0.2, 0.25) is 5.88 Å². The van der Waals surface area contributed by atoms with Crippen LogP contribution in [-0.2, 0) is 9.47 Å². The van der Waals surface area contributed by atoms with Crippen molar-refractivity contribution in [2.45, 2.75) is 94.7 Å². The quantitative estimate of drug-likeness (QED) is 0.151. The monoisotopic (exact) mass is 772 g/mol. The molecular formula is C41H43F3N6O6. The maximum Gasteiger partial charge on any atom is 0.410 e. The van der Waals surface area contributed by atoms with Crippen molar-refractivity contribution in [2.75, 3.05) is 45.0 Å². The minimum Gasteiger partial charge on any atom is -0.472 e. The summed E-state index contributed by atoms with van der Waals surface area (Å²) in [6, 6.07) is 7.70. The molecule has 0 aliphatic carbocycles. The van der Waals surface area contributed by atoms with Crippen LogP contribution in [0.25, 0.3) is 32.9 Å². The maximum absolute atomic E-state index is 17.6. The second-order valence-corrected chi connectivity index (χ2v) is 16.6. The molecule has 294 valence electrons. The fourth-order valence-corrected chi connectivity index (χ4v) is 9.44. The number of nitrogens with zero attached hydrogens (tertiary/aromatic N) is 6. The molecule has 4 fully saturated rings. The molecule has 56 heavy (non-hydrogen) atoms. The first-order valence-electron chi connectivity index (χ1n) is 19.0. The minimum atomic E-state index is -2.84. The lowest BCUT2D eigenvalue weighted by atomic mass is 9.85. The molecular weight excluding hydrogens is 729 g/mol. The molecule has 5 aliphatic heterocycles. The SMILES string of the molecule is C#Cc1cccc2cc(OCOC)cc(-c3nc4c5c(nc(OCC67CCN6CC(F)(F)C7)nc5c3F)N3C[C@H]5CC[C@@H]([C@H]3[C@H](C)O4)N5C(=O)OC(C)(C)C)c12. The summed E-state index contributed by atoms with van der Waals surface area (Å²) in [6.45, 7) is 7.79. The van der Waals surface area contributed by atoms with E-state index in [-0.39, 0.29) is 66.9 Å². The number of aromatic nitrogens is 3. The van der Waals surface area contributed by atoms with E-state index in [1.807, 2.05) is 38.7 Å². The molecule has 0 N–H and O–H groups in total. The number of rotatable bonds is 7. The van der Waals surface area contributed by atoms with Crippen LogP contribution in [0.3, 0.4) is 0 Å². The number of fused-ring (bicyclic) bond motifs is 7. The number of methoxy groups -OCH3 is 1. The van der Waals surface area contributed by atoms with Crippen molar-refractivity contribution in [2.24, 2.45) is 0 Å². The predicted octanol–water partition coefficient (Wildman–Crippen LogP) is 6.55. The second-order valence-electron chi connectivity index (χ2n) is 16.6. The van der Waals surface area contributed by atoms with Gasteiger partial charge in [-0.05, 0) is 70.5 Å². The summed E-state index contributed by atoms with van der Waals surface area (Å²) < 4.78 is 76.6. The molecule has 12 nitrogen and oxygen atoms in total. The Kier molecular flexibility index (Phi) is 8.48. The van der Waals surface area contributed by atoms with Gasteiger partial charge in [-0.3, -0.25) is 9.80 Å². The summed E-state index contributed by atoms with van der Waals surface area (Å²) in [5, 5.41) is 1.49. The number of terminal acetylenes is 1. The number of piperazine rings is 1. The van der Waals surface area contributed by atoms with E-state index in [4.69, 9.17) is 40.1 Å². The average Bonchev–Trinajstić information content (AvgIpc) is 3.50. The van der Waals surface area contributed by atoms with Gasteiger partial charge in [0.05, 0.1) is 30.2 Å². The molecule has 2 bridgehead atoms. The van der Waals surface area contributed by atoms with Crippen LogP contribution in [0.1, 0.15) is 58.9 Å². The van der Waals surface area contributed by atoms with Gasteiger partial charge >= 0.3 is 12.1 Å². The predicted molar refractivity (Wildman–Crippen MR) is 201 cm³/mol. The zero-order valence-electron chi connectivity index (χ0n) is 31.9. The summed E-state index contributed by atoms with van der Waals surface area (Å²) in [4.78, 5) is 33.7. The van der Waals surface area contributed by atoms with E-state index in [2.05, 4.69) is 10.9 Å². The van der Waals surface area contributed by atoms with E-state index in [0.29, 0.717) is 59.4 Å². The molecule has 2 aromatic carbocycles. The van der Waals surface area contributed by atoms with Crippen molar-refractivity contribution in [1.82, 2.24) is 24.8 Å². The summed E-state index contributed by atoms with van der Waals surface area (Å²) >= 11 is 0. The molecule has 5 aliphatic rings. The number of alkyl halides is 2. The lowest BCUT2D eigenvalue weighted by Crippen LogP contribution is -2.65. The number of amides is 1. The van der Waals surface area contributed by atoms with E-state index >= 15 is 4.39 Å². The van der Waals surface area contributed by atoms with Crippen molar-refractivity contribution < 1.29 is 41.7 Å². The summed E-state index contributed by atoms with van der Waals surface area (Å²) in [7, 11) is 1.50. The van der Waals surface area contributed by atoms with E-state index in [1.165, 1.54) is 7.11 Å². The van der Waals surface area contributed by atoms with E-state index < -0.39 is 41.1 Å². The molecule has 2 aromatic heterocycles. The van der Waals surface area contributed by atoms with Gasteiger partial charge in [-0.15, -0.1) is 6.42 Å². The van der Waals surface area contributed by atoms with Crippen molar-refractivity contribution in [3.63, 3.8) is 0 Å². The Morgan fingerprint density at radius 2 is 1.95 bits per heavy atom. The molecule has 5 atom stereocenters. The standard InChI is InChI=1S/C41H43F3N6O6/c1-7-23-9-8-10-24-15-26(54-21-52-6)16-27(29(23)24)32-31(42)33-30-35(47-37(46-33)53-20-40-13-14-48(40)19-41(43,44)18-40)49-17-25-11-12-28(34(49)22(2)55-36(30)45-32)50(25)38(51)56-39(3,4)5/h1,8-10,15-16,22,25,28,34H,11-14,17-21H2,2-6H3/t22-,25+,28-,34+,40?/m0/s1. The Balaban J connectivity index is 1.22. The van der Waals surface area contributed by atoms with Crippen LogP contribution in [0.2, 0.25) is 0 Å². The zero-order chi connectivity index (χ0) is 39.3. The van der Waals surface area contributed by atoms with E-state index in [1.54, 1.807) is 34.1 Å². The number of anilines is 1. The van der Waals surface area contributed by atoms with E-state index in [9.17, 15) is 13.6 Å². The molecule has 4 aromatic rings. The van der Waals surface area contributed by atoms with Gasteiger partial charge < -0.3 is 28.6 Å². The van der Waals surface area contributed by atoms with Crippen LogP contribution in [0.15, 0.2) is 30.3 Å². The topological polar surface area (TPSA) is 112 Å². The maximum atomic E-state index is 17.6. The van der Waals surface area contributed by atoms with Crippen molar-refractivity contribution >= 4 is 33.6 Å². The zero-order valence-corrected chi connectivity index (χ0v) is 31.9. The van der Waals surface area contributed by atoms with Crippen LogP contribution in [0.4, 0.5) is 23.8 Å². The molecule has 4 saturated heterocycles. The first-order valence-corrected chi connectivity index (χ1v) is 19.0. The highest BCUT2D eigenvalue weighted by Gasteiger charge is 2.60. The van der Waals surface area contributed by atoms with Gasteiger partial charge in [0.15, 0.2) is 12.6 Å². The van der Waals surface area contributed by atoms with Gasteiger partial charge in [0, 0.05) is 43.1 Å². The number of carbonyl (C=O) groups is 1. The Hall–Kier alpha value is -5.07. The molecule has 0 saturated carbocycles. The van der Waals surface area contributed by atoms with Crippen molar-refractivity contribution in [3.8, 4) is 41.2 Å². The fourth-order valence-electron chi connectivity index (χ4n) is 9.44. The lowest BCUT2D eigenvalue weighted by Gasteiger charge is -2.48. The highest BCUT2D eigenvalue weighted by Crippen LogP contribution is 2.50. The number of benzene rings is 2. The van der Waals surface area contributed by atoms with Gasteiger partial charge in [-0.25, -0.2) is 22.9 Å². The Morgan fingerprint density at radius 1 is 1.12 bits per heavy atom. The number of hydrogen-bond donors (Lipinski definition) is 0. The van der Waals surface area contributed by atoms with Crippen molar-refractivity contribution in [1.29, 1.82) is 0 Å². The smallest absolute Gasteiger partial charge is 0.410 e. The summed E-state index contributed by atoms with van der Waals surface area (Å²) in [5.74, 6) is -0.0936. The fraction of sp³-hybridized carbons (Fsp3) is 0.512. The third-order valence-electron chi connectivity index (χ3n) is 11.8. The van der Waals surface area contributed by atoms with Crippen LogP contribution in [-0.4, -0.2) is 112 Å². The normalized spacial score (nSPS) is 26.2. The van der Waals surface area contributed by atoms with Crippen LogP contribution in [0, 0.1) is 18.2 Å². The highest BCUT2D eigenvalue weighted by molar-refractivity contribution is 6.04. The lowest BCUT2D eigenvalue weighted by molar-refractivity contribution is -0.0132. The first kappa shape index (κ1) is 36.6. The molecule has 1 amide bonds. The van der Waals surface area contributed by atoms with Crippen LogP contribution in [0.5, 0.6) is 17.6 Å².